The van der Waals surface area contributed by atoms with E-state index >= 15 is 0 Å². The molecule has 0 radical (unpaired) electrons. The molecule has 0 aromatic heterocycles. The molecule has 0 bridgehead atoms. The fourth-order valence-corrected chi connectivity index (χ4v) is 1.50. The van der Waals surface area contributed by atoms with Crippen molar-refractivity contribution in [1.82, 2.24) is 0 Å². The minimum atomic E-state index is 0.653. The lowest BCUT2D eigenvalue weighted by Gasteiger charge is -2.02. The molecule has 0 saturated heterocycles. The summed E-state index contributed by atoms with van der Waals surface area (Å²) in [6.07, 6.45) is 7.61. The average molecular weight is 291 g/mol. The third kappa shape index (κ3) is 13.2. The molecule has 2 N–H and O–H groups in total. The number of hydrogen-bond acceptors (Lipinski definition) is 2. The van der Waals surface area contributed by atoms with Crippen LogP contribution in [0.2, 0.25) is 0 Å². The largest absolute Gasteiger partial charge is 0.404 e. The monoisotopic (exact) mass is 291 g/mol. The van der Waals surface area contributed by atoms with E-state index in [1.54, 1.807) is 6.20 Å². The van der Waals surface area contributed by atoms with E-state index in [0.29, 0.717) is 6.61 Å². The van der Waals surface area contributed by atoms with E-state index in [0.717, 1.165) is 25.0 Å². The molecule has 0 unspecified atom stereocenters. The van der Waals surface area contributed by atoms with Crippen LogP contribution >= 0.6 is 0 Å². The fourth-order valence-electron chi connectivity index (χ4n) is 1.50. The standard InChI is InChI=1S/C15H21NO.2C2H6/c1-2-10-17-11-6-9-15(13-16)12-14-7-4-3-5-8-14;2*1-2/h3-9,13H,2,10-12,16H2,1H3;2*1-2H3/b9-6-,15-13+;;. The maximum Gasteiger partial charge on any atom is 0.0650 e. The summed E-state index contributed by atoms with van der Waals surface area (Å²) in [6.45, 7) is 11.6. The SMILES string of the molecule is CC.CC.CCCOC/C=C\C(=C/N)Cc1ccccc1. The highest BCUT2D eigenvalue weighted by Crippen LogP contribution is 2.08. The van der Waals surface area contributed by atoms with Gasteiger partial charge in [-0.2, -0.15) is 0 Å². The smallest absolute Gasteiger partial charge is 0.0650 e. The topological polar surface area (TPSA) is 35.2 Å². The van der Waals surface area contributed by atoms with Crippen molar-refractivity contribution in [3.8, 4) is 0 Å². The molecule has 1 rings (SSSR count). The summed E-state index contributed by atoms with van der Waals surface area (Å²) >= 11 is 0. The van der Waals surface area contributed by atoms with E-state index in [1.165, 1.54) is 5.56 Å². The highest BCUT2D eigenvalue weighted by atomic mass is 16.5. The van der Waals surface area contributed by atoms with E-state index in [2.05, 4.69) is 19.1 Å². The number of hydrogen-bond donors (Lipinski definition) is 1. The van der Waals surface area contributed by atoms with E-state index in [1.807, 2.05) is 58.0 Å². The van der Waals surface area contributed by atoms with Gasteiger partial charge in [0.15, 0.2) is 0 Å². The van der Waals surface area contributed by atoms with Gasteiger partial charge >= 0.3 is 0 Å². The maximum atomic E-state index is 5.61. The van der Waals surface area contributed by atoms with Crippen molar-refractivity contribution < 1.29 is 4.74 Å². The third-order valence-corrected chi connectivity index (χ3v) is 2.36. The average Bonchev–Trinajstić information content (AvgIpc) is 2.58. The van der Waals surface area contributed by atoms with Gasteiger partial charge in [0.05, 0.1) is 6.61 Å². The normalized spacial score (nSPS) is 10.4. The van der Waals surface area contributed by atoms with Crippen LogP contribution in [0.5, 0.6) is 0 Å². The Morgan fingerprint density at radius 2 is 1.71 bits per heavy atom. The van der Waals surface area contributed by atoms with Crippen molar-refractivity contribution in [2.75, 3.05) is 13.2 Å². The van der Waals surface area contributed by atoms with Gasteiger partial charge in [0.2, 0.25) is 0 Å². The Balaban J connectivity index is 0. The summed E-state index contributed by atoms with van der Waals surface area (Å²) < 4.78 is 5.37. The molecule has 2 heteroatoms. The first-order valence-electron chi connectivity index (χ1n) is 8.05. The first kappa shape index (κ1) is 21.8. The molecule has 0 atom stereocenters. The number of allylic oxidation sites excluding steroid dienone is 2. The van der Waals surface area contributed by atoms with Crippen molar-refractivity contribution in [2.45, 2.75) is 47.5 Å². The zero-order valence-electron chi connectivity index (χ0n) is 14.4. The summed E-state index contributed by atoms with van der Waals surface area (Å²) in [7, 11) is 0. The molecule has 21 heavy (non-hydrogen) atoms. The van der Waals surface area contributed by atoms with Crippen molar-refractivity contribution in [2.24, 2.45) is 5.73 Å². The highest BCUT2D eigenvalue weighted by molar-refractivity contribution is 5.27. The summed E-state index contributed by atoms with van der Waals surface area (Å²) in [5.74, 6) is 0. The van der Waals surface area contributed by atoms with Gasteiger partial charge in [-0.1, -0.05) is 77.1 Å². The number of nitrogens with two attached hydrogens (primary N) is 1. The first-order valence-corrected chi connectivity index (χ1v) is 8.05. The lowest BCUT2D eigenvalue weighted by Crippen LogP contribution is -1.94. The second-order valence-electron chi connectivity index (χ2n) is 3.88. The Labute approximate surface area is 131 Å². The van der Waals surface area contributed by atoms with E-state index in [9.17, 15) is 0 Å². The summed E-state index contributed by atoms with van der Waals surface area (Å²) in [5.41, 5.74) is 7.98. The van der Waals surface area contributed by atoms with Crippen LogP contribution in [0.25, 0.3) is 0 Å². The van der Waals surface area contributed by atoms with Crippen LogP contribution in [0, 0.1) is 0 Å². The molecule has 2 nitrogen and oxygen atoms in total. The van der Waals surface area contributed by atoms with Crippen LogP contribution in [0.4, 0.5) is 0 Å². The third-order valence-electron chi connectivity index (χ3n) is 2.36. The molecular formula is C19H33NO. The molecule has 1 aromatic carbocycles. The van der Waals surface area contributed by atoms with Crippen molar-refractivity contribution in [1.29, 1.82) is 0 Å². The highest BCUT2D eigenvalue weighted by Gasteiger charge is 1.94. The minimum absolute atomic E-state index is 0.653. The molecule has 0 amide bonds. The number of rotatable bonds is 7. The van der Waals surface area contributed by atoms with Crippen LogP contribution in [0.15, 0.2) is 54.3 Å². The Hall–Kier alpha value is -1.54. The van der Waals surface area contributed by atoms with Gasteiger partial charge < -0.3 is 10.5 Å². The predicted molar refractivity (Wildman–Crippen MR) is 95.4 cm³/mol. The van der Waals surface area contributed by atoms with Crippen LogP contribution in [-0.2, 0) is 11.2 Å². The van der Waals surface area contributed by atoms with Crippen LogP contribution in [-0.4, -0.2) is 13.2 Å². The summed E-state index contributed by atoms with van der Waals surface area (Å²) in [6, 6.07) is 10.3. The second-order valence-corrected chi connectivity index (χ2v) is 3.88. The summed E-state index contributed by atoms with van der Waals surface area (Å²) in [4.78, 5) is 0. The zero-order valence-corrected chi connectivity index (χ0v) is 14.4. The van der Waals surface area contributed by atoms with Gasteiger partial charge in [0, 0.05) is 6.61 Å². The zero-order chi connectivity index (χ0) is 16.3. The van der Waals surface area contributed by atoms with E-state index in [-0.39, 0.29) is 0 Å². The molecule has 0 spiro atoms. The number of ether oxygens (including phenoxy) is 1. The van der Waals surface area contributed by atoms with Crippen molar-refractivity contribution in [3.05, 3.63) is 59.8 Å². The Morgan fingerprint density at radius 1 is 1.10 bits per heavy atom. The van der Waals surface area contributed by atoms with E-state index in [4.69, 9.17) is 10.5 Å². The van der Waals surface area contributed by atoms with Gasteiger partial charge in [-0.05, 0) is 30.2 Å². The van der Waals surface area contributed by atoms with Crippen LogP contribution in [0.3, 0.4) is 0 Å². The Morgan fingerprint density at radius 3 is 2.24 bits per heavy atom. The van der Waals surface area contributed by atoms with Gasteiger partial charge in [-0.25, -0.2) is 0 Å². The van der Waals surface area contributed by atoms with Crippen molar-refractivity contribution >= 4 is 0 Å². The predicted octanol–water partition coefficient (Wildman–Crippen LogP) is 5.11. The molecular weight excluding hydrogens is 258 g/mol. The Kier molecular flexibility index (Phi) is 19.1. The fraction of sp³-hybridized carbons (Fsp3) is 0.474. The molecule has 0 saturated carbocycles. The molecule has 0 aliphatic carbocycles. The van der Waals surface area contributed by atoms with Crippen LogP contribution in [0.1, 0.15) is 46.6 Å². The van der Waals surface area contributed by atoms with Gasteiger partial charge in [0.25, 0.3) is 0 Å². The van der Waals surface area contributed by atoms with Gasteiger partial charge in [0.1, 0.15) is 0 Å². The van der Waals surface area contributed by atoms with Crippen molar-refractivity contribution in [3.63, 3.8) is 0 Å². The molecule has 0 aliphatic rings. The molecule has 0 heterocycles. The quantitative estimate of drug-likeness (QED) is 0.560. The van der Waals surface area contributed by atoms with Gasteiger partial charge in [-0.15, -0.1) is 0 Å². The number of benzene rings is 1. The molecule has 1 aromatic rings. The lowest BCUT2D eigenvalue weighted by molar-refractivity contribution is 0.163. The first-order chi connectivity index (χ1) is 10.4. The van der Waals surface area contributed by atoms with Gasteiger partial charge in [-0.3, -0.25) is 0 Å². The van der Waals surface area contributed by atoms with Crippen LogP contribution < -0.4 is 5.73 Å². The molecule has 120 valence electrons. The lowest BCUT2D eigenvalue weighted by atomic mass is 10.1. The molecule has 0 aliphatic heterocycles. The van der Waals surface area contributed by atoms with E-state index < -0.39 is 0 Å². The maximum absolute atomic E-state index is 5.61. The molecule has 0 fully saturated rings. The summed E-state index contributed by atoms with van der Waals surface area (Å²) in [5, 5.41) is 0. The Bertz CT molecular complexity index is 355. The minimum Gasteiger partial charge on any atom is -0.404 e. The second kappa shape index (κ2) is 18.5.